The van der Waals surface area contributed by atoms with Crippen molar-refractivity contribution in [2.24, 2.45) is 5.73 Å². The number of nitrogens with two attached hydrogens (primary N) is 1. The highest BCUT2D eigenvalue weighted by atomic mass is 35.5. The third kappa shape index (κ3) is 7.67. The summed E-state index contributed by atoms with van der Waals surface area (Å²) in [5.74, 6) is 6.06. The fraction of sp³-hybridized carbons (Fsp3) is 0.400. The Kier molecular flexibility index (Phi) is 9.27. The second-order valence-electron chi connectivity index (χ2n) is 4.13. The molecule has 0 saturated heterocycles. The van der Waals surface area contributed by atoms with E-state index in [9.17, 15) is 4.79 Å². The van der Waals surface area contributed by atoms with Crippen molar-refractivity contribution in [2.45, 2.75) is 26.3 Å². The van der Waals surface area contributed by atoms with Gasteiger partial charge in [-0.05, 0) is 31.0 Å². The summed E-state index contributed by atoms with van der Waals surface area (Å²) in [6.07, 6.45) is 0.655. The van der Waals surface area contributed by atoms with Gasteiger partial charge in [-0.2, -0.15) is 0 Å². The largest absolute Gasteiger partial charge is 0.481 e. The minimum absolute atomic E-state index is 0. The van der Waals surface area contributed by atoms with Gasteiger partial charge in [0, 0.05) is 13.0 Å². The van der Waals surface area contributed by atoms with Crippen LogP contribution >= 0.6 is 12.4 Å². The molecule has 0 saturated carbocycles. The predicted molar refractivity (Wildman–Crippen MR) is 80.9 cm³/mol. The number of carbonyl (C=O) groups excluding carboxylic acids is 1. The number of benzene rings is 1. The molecule has 0 aromatic heterocycles. The summed E-state index contributed by atoms with van der Waals surface area (Å²) in [5.41, 5.74) is 6.94. The van der Waals surface area contributed by atoms with E-state index < -0.39 is 0 Å². The van der Waals surface area contributed by atoms with E-state index in [1.54, 1.807) is 6.92 Å². The van der Waals surface area contributed by atoms with Crippen molar-refractivity contribution >= 4 is 18.4 Å². The maximum absolute atomic E-state index is 10.7. The van der Waals surface area contributed by atoms with Crippen LogP contribution in [0.25, 0.3) is 0 Å². The average molecular weight is 298 g/mol. The number of rotatable bonds is 6. The van der Waals surface area contributed by atoms with Gasteiger partial charge >= 0.3 is 5.97 Å². The minimum atomic E-state index is -0.309. The maximum Gasteiger partial charge on any atom is 0.302 e. The maximum atomic E-state index is 10.7. The Morgan fingerprint density at radius 3 is 2.55 bits per heavy atom. The highest BCUT2D eigenvalue weighted by Crippen LogP contribution is 2.13. The summed E-state index contributed by atoms with van der Waals surface area (Å²) >= 11 is 0. The first-order valence-electron chi connectivity index (χ1n) is 6.12. The first-order chi connectivity index (χ1) is 9.11. The van der Waals surface area contributed by atoms with Crippen LogP contribution in [0.4, 0.5) is 0 Å². The van der Waals surface area contributed by atoms with E-state index in [4.69, 9.17) is 15.2 Å². The average Bonchev–Trinajstić information content (AvgIpc) is 2.39. The van der Waals surface area contributed by atoms with Crippen molar-refractivity contribution in [1.82, 2.24) is 0 Å². The molecule has 0 unspecified atom stereocenters. The summed E-state index contributed by atoms with van der Waals surface area (Å²) in [6.45, 7) is 3.77. The van der Waals surface area contributed by atoms with E-state index in [1.807, 2.05) is 24.3 Å². The Balaban J connectivity index is 0.00000361. The summed E-state index contributed by atoms with van der Waals surface area (Å²) in [7, 11) is 0. The normalized spacial score (nSPS) is 10.6. The number of hydrogen-bond acceptors (Lipinski definition) is 4. The molecule has 20 heavy (non-hydrogen) atoms. The molecule has 0 radical (unpaired) electrons. The SMILES string of the molecule is CC#CCOc1ccc(C[C@@H](N)COC(C)=O)cc1.Cl. The molecule has 110 valence electrons. The molecule has 0 aliphatic rings. The van der Waals surface area contributed by atoms with Gasteiger partial charge in [-0.25, -0.2) is 0 Å². The highest BCUT2D eigenvalue weighted by Gasteiger charge is 2.06. The Morgan fingerprint density at radius 1 is 1.35 bits per heavy atom. The van der Waals surface area contributed by atoms with E-state index in [2.05, 4.69) is 11.8 Å². The van der Waals surface area contributed by atoms with Crippen LogP contribution in [0.15, 0.2) is 24.3 Å². The number of esters is 1. The number of halogens is 1. The third-order valence-electron chi connectivity index (χ3n) is 2.41. The Labute approximate surface area is 126 Å². The standard InChI is InChI=1S/C15H19NO3.ClH/c1-3-4-9-18-15-7-5-13(6-8-15)10-14(16)11-19-12(2)17;/h5-8,14H,9-11,16H2,1-2H3;1H/t14-;/m1./s1. The zero-order chi connectivity index (χ0) is 14.1. The molecule has 4 nitrogen and oxygen atoms in total. The van der Waals surface area contributed by atoms with Gasteiger partial charge < -0.3 is 15.2 Å². The van der Waals surface area contributed by atoms with Crippen LogP contribution < -0.4 is 10.5 Å². The molecular formula is C15H20ClNO3. The molecule has 0 heterocycles. The van der Waals surface area contributed by atoms with Crippen LogP contribution in [0.5, 0.6) is 5.75 Å². The van der Waals surface area contributed by atoms with Gasteiger partial charge in [-0.1, -0.05) is 18.1 Å². The van der Waals surface area contributed by atoms with Crippen molar-refractivity contribution in [3.63, 3.8) is 0 Å². The minimum Gasteiger partial charge on any atom is -0.481 e. The monoisotopic (exact) mass is 297 g/mol. The summed E-state index contributed by atoms with van der Waals surface area (Å²) in [5, 5.41) is 0. The van der Waals surface area contributed by atoms with Crippen molar-refractivity contribution in [3.05, 3.63) is 29.8 Å². The lowest BCUT2D eigenvalue weighted by atomic mass is 10.1. The molecule has 5 heteroatoms. The number of ether oxygens (including phenoxy) is 2. The van der Waals surface area contributed by atoms with E-state index in [0.717, 1.165) is 11.3 Å². The van der Waals surface area contributed by atoms with Crippen LogP contribution in [0.1, 0.15) is 19.4 Å². The molecular weight excluding hydrogens is 278 g/mol. The van der Waals surface area contributed by atoms with Crippen molar-refractivity contribution in [3.8, 4) is 17.6 Å². The number of hydrogen-bond donors (Lipinski definition) is 1. The van der Waals surface area contributed by atoms with E-state index >= 15 is 0 Å². The molecule has 0 spiro atoms. The predicted octanol–water partition coefficient (Wildman–Crippen LogP) is 1.94. The Bertz CT molecular complexity index is 462. The lowest BCUT2D eigenvalue weighted by molar-refractivity contribution is -0.141. The molecule has 0 fully saturated rings. The summed E-state index contributed by atoms with van der Waals surface area (Å²) < 4.78 is 10.3. The molecule has 1 atom stereocenters. The summed E-state index contributed by atoms with van der Waals surface area (Å²) in [6, 6.07) is 7.46. The van der Waals surface area contributed by atoms with Gasteiger partial charge in [0.15, 0.2) is 0 Å². The zero-order valence-corrected chi connectivity index (χ0v) is 12.5. The second kappa shape index (κ2) is 10.1. The van der Waals surface area contributed by atoms with Gasteiger partial charge in [0.25, 0.3) is 0 Å². The van der Waals surface area contributed by atoms with Gasteiger partial charge in [0.2, 0.25) is 0 Å². The quantitative estimate of drug-likeness (QED) is 0.644. The van der Waals surface area contributed by atoms with Crippen LogP contribution in [-0.2, 0) is 16.0 Å². The van der Waals surface area contributed by atoms with Crippen molar-refractivity contribution in [1.29, 1.82) is 0 Å². The zero-order valence-electron chi connectivity index (χ0n) is 11.7. The molecule has 1 aromatic carbocycles. The van der Waals surface area contributed by atoms with Gasteiger partial charge in [-0.15, -0.1) is 18.3 Å². The van der Waals surface area contributed by atoms with Gasteiger partial charge in [0.05, 0.1) is 0 Å². The third-order valence-corrected chi connectivity index (χ3v) is 2.41. The molecule has 1 aromatic rings. The van der Waals surface area contributed by atoms with Gasteiger partial charge in [0.1, 0.15) is 19.0 Å². The highest BCUT2D eigenvalue weighted by molar-refractivity contribution is 5.85. The van der Waals surface area contributed by atoms with E-state index in [0.29, 0.717) is 13.0 Å². The molecule has 0 aliphatic carbocycles. The van der Waals surface area contributed by atoms with Crippen molar-refractivity contribution < 1.29 is 14.3 Å². The van der Waals surface area contributed by atoms with Crippen LogP contribution in [0.2, 0.25) is 0 Å². The summed E-state index contributed by atoms with van der Waals surface area (Å²) in [4.78, 5) is 10.7. The van der Waals surface area contributed by atoms with Crippen LogP contribution in [0.3, 0.4) is 0 Å². The van der Waals surface area contributed by atoms with E-state index in [-0.39, 0.29) is 31.0 Å². The Morgan fingerprint density at radius 2 is 2.00 bits per heavy atom. The first-order valence-corrected chi connectivity index (χ1v) is 6.12. The first kappa shape index (κ1) is 18.3. The Hall–Kier alpha value is -1.70. The smallest absolute Gasteiger partial charge is 0.302 e. The molecule has 2 N–H and O–H groups in total. The second-order valence-corrected chi connectivity index (χ2v) is 4.13. The lowest BCUT2D eigenvalue weighted by Gasteiger charge is -2.11. The molecule has 0 bridgehead atoms. The fourth-order valence-electron chi connectivity index (χ4n) is 1.50. The van der Waals surface area contributed by atoms with Crippen LogP contribution in [0, 0.1) is 11.8 Å². The molecule has 1 rings (SSSR count). The van der Waals surface area contributed by atoms with Gasteiger partial charge in [-0.3, -0.25) is 4.79 Å². The topological polar surface area (TPSA) is 61.6 Å². The number of carbonyl (C=O) groups is 1. The van der Waals surface area contributed by atoms with E-state index in [1.165, 1.54) is 6.92 Å². The molecule has 0 amide bonds. The van der Waals surface area contributed by atoms with Crippen LogP contribution in [-0.4, -0.2) is 25.2 Å². The lowest BCUT2D eigenvalue weighted by Crippen LogP contribution is -2.29. The molecule has 0 aliphatic heterocycles. The van der Waals surface area contributed by atoms with Crippen molar-refractivity contribution in [2.75, 3.05) is 13.2 Å². The fourth-order valence-corrected chi connectivity index (χ4v) is 1.50.